The first-order chi connectivity index (χ1) is 9.78. The summed E-state index contributed by atoms with van der Waals surface area (Å²) in [5.74, 6) is 1.01. The van der Waals surface area contributed by atoms with Crippen molar-refractivity contribution < 1.29 is 8.42 Å². The number of nitrogens with zero attached hydrogens (tertiary/aromatic N) is 2. The van der Waals surface area contributed by atoms with Gasteiger partial charge in [0.2, 0.25) is 0 Å². The fourth-order valence-electron chi connectivity index (χ4n) is 2.64. The molecule has 0 radical (unpaired) electrons. The largest absolute Gasteiger partial charge is 0.329 e. The Hall–Kier alpha value is -0.170. The molecule has 0 aliphatic carbocycles. The highest BCUT2D eigenvalue weighted by Crippen LogP contribution is 2.24. The maximum atomic E-state index is 12.9. The summed E-state index contributed by atoms with van der Waals surface area (Å²) in [6.45, 7) is 10.8. The molecule has 21 heavy (non-hydrogen) atoms. The lowest BCUT2D eigenvalue weighted by Gasteiger charge is -2.31. The maximum Gasteiger partial charge on any atom is 0.282 e. The Kier molecular flexibility index (Phi) is 7.60. The van der Waals surface area contributed by atoms with Gasteiger partial charge in [0.1, 0.15) is 0 Å². The van der Waals surface area contributed by atoms with Crippen molar-refractivity contribution in [3.63, 3.8) is 0 Å². The minimum Gasteiger partial charge on any atom is -0.329 e. The molecule has 1 saturated heterocycles. The van der Waals surface area contributed by atoms with Crippen LogP contribution in [0.1, 0.15) is 53.4 Å². The van der Waals surface area contributed by atoms with E-state index in [4.69, 9.17) is 5.73 Å². The summed E-state index contributed by atoms with van der Waals surface area (Å²) in [5, 5.41) is 0. The van der Waals surface area contributed by atoms with E-state index in [1.165, 1.54) is 0 Å². The molecule has 1 heterocycles. The monoisotopic (exact) mass is 319 g/mol. The summed E-state index contributed by atoms with van der Waals surface area (Å²) in [4.78, 5) is 0. The summed E-state index contributed by atoms with van der Waals surface area (Å²) >= 11 is 0. The molecule has 0 spiro atoms. The van der Waals surface area contributed by atoms with Crippen LogP contribution < -0.4 is 5.73 Å². The van der Waals surface area contributed by atoms with E-state index in [1.807, 2.05) is 0 Å². The number of nitrogens with two attached hydrogens (primary N) is 1. The molecule has 1 rings (SSSR count). The third-order valence-electron chi connectivity index (χ3n) is 4.13. The van der Waals surface area contributed by atoms with Crippen molar-refractivity contribution in [3.05, 3.63) is 0 Å². The van der Waals surface area contributed by atoms with Crippen LogP contribution in [0.5, 0.6) is 0 Å². The zero-order chi connectivity index (χ0) is 16.0. The van der Waals surface area contributed by atoms with Gasteiger partial charge in [0.25, 0.3) is 10.2 Å². The van der Waals surface area contributed by atoms with Gasteiger partial charge >= 0.3 is 0 Å². The first-order valence-corrected chi connectivity index (χ1v) is 9.65. The Labute approximate surface area is 131 Å². The molecule has 6 heteroatoms. The first kappa shape index (κ1) is 18.9. The predicted molar refractivity (Wildman–Crippen MR) is 88.2 cm³/mol. The molecule has 0 amide bonds. The third kappa shape index (κ3) is 5.51. The van der Waals surface area contributed by atoms with E-state index in [2.05, 4.69) is 27.7 Å². The second kappa shape index (κ2) is 8.46. The second-order valence-corrected chi connectivity index (χ2v) is 8.80. The van der Waals surface area contributed by atoms with Crippen LogP contribution in [-0.4, -0.2) is 49.2 Å². The van der Waals surface area contributed by atoms with E-state index < -0.39 is 10.2 Å². The van der Waals surface area contributed by atoms with Crippen molar-refractivity contribution in [2.24, 2.45) is 17.6 Å². The van der Waals surface area contributed by atoms with E-state index in [-0.39, 0.29) is 6.04 Å². The van der Waals surface area contributed by atoms with Crippen molar-refractivity contribution in [2.45, 2.75) is 59.4 Å². The predicted octanol–water partition coefficient (Wildman–Crippen LogP) is 2.05. The highest BCUT2D eigenvalue weighted by molar-refractivity contribution is 7.86. The second-order valence-electron chi connectivity index (χ2n) is 6.91. The van der Waals surface area contributed by atoms with E-state index in [0.29, 0.717) is 38.0 Å². The van der Waals surface area contributed by atoms with Crippen LogP contribution in [-0.2, 0) is 10.2 Å². The van der Waals surface area contributed by atoms with Gasteiger partial charge in [0.05, 0.1) is 0 Å². The minimum absolute atomic E-state index is 0.0180. The van der Waals surface area contributed by atoms with Gasteiger partial charge < -0.3 is 5.73 Å². The third-order valence-corrected chi connectivity index (χ3v) is 6.22. The highest BCUT2D eigenvalue weighted by Gasteiger charge is 2.37. The van der Waals surface area contributed by atoms with Crippen molar-refractivity contribution in [2.75, 3.05) is 26.2 Å². The average Bonchev–Trinajstić information content (AvgIpc) is 2.86. The van der Waals surface area contributed by atoms with Gasteiger partial charge in [-0.25, -0.2) is 0 Å². The fourth-order valence-corrected chi connectivity index (χ4v) is 4.54. The Balaban J connectivity index is 2.82. The van der Waals surface area contributed by atoms with Crippen LogP contribution in [0, 0.1) is 11.8 Å². The van der Waals surface area contributed by atoms with Crippen LogP contribution in [0.3, 0.4) is 0 Å². The Bertz CT molecular complexity index is 384. The lowest BCUT2D eigenvalue weighted by atomic mass is 10.1. The van der Waals surface area contributed by atoms with Crippen LogP contribution in [0.25, 0.3) is 0 Å². The normalized spacial score (nSPS) is 21.0. The van der Waals surface area contributed by atoms with Gasteiger partial charge in [0.15, 0.2) is 0 Å². The van der Waals surface area contributed by atoms with Gasteiger partial charge in [-0.1, -0.05) is 27.7 Å². The molecule has 2 N–H and O–H groups in total. The van der Waals surface area contributed by atoms with Gasteiger partial charge in [-0.2, -0.15) is 17.0 Å². The molecule has 0 aromatic carbocycles. The molecule has 0 bridgehead atoms. The smallest absolute Gasteiger partial charge is 0.282 e. The van der Waals surface area contributed by atoms with E-state index in [0.717, 1.165) is 25.7 Å². The highest BCUT2D eigenvalue weighted by atomic mass is 32.2. The van der Waals surface area contributed by atoms with Gasteiger partial charge in [0, 0.05) is 32.2 Å². The summed E-state index contributed by atoms with van der Waals surface area (Å²) in [7, 11) is -3.37. The lowest BCUT2D eigenvalue weighted by Crippen LogP contribution is -2.48. The molecule has 1 atom stereocenters. The molecule has 0 saturated carbocycles. The quantitative estimate of drug-likeness (QED) is 0.707. The lowest BCUT2D eigenvalue weighted by molar-refractivity contribution is 0.305. The first-order valence-electron chi connectivity index (χ1n) is 8.26. The minimum atomic E-state index is -3.37. The van der Waals surface area contributed by atoms with E-state index in [9.17, 15) is 8.42 Å². The summed E-state index contributed by atoms with van der Waals surface area (Å²) in [6.07, 6.45) is 3.61. The number of hydrogen-bond donors (Lipinski definition) is 1. The van der Waals surface area contributed by atoms with Crippen molar-refractivity contribution in [1.29, 1.82) is 0 Å². The molecular formula is C15H33N3O2S. The summed E-state index contributed by atoms with van der Waals surface area (Å²) < 4.78 is 29.2. The van der Waals surface area contributed by atoms with E-state index in [1.54, 1.807) is 8.61 Å². The zero-order valence-electron chi connectivity index (χ0n) is 14.1. The van der Waals surface area contributed by atoms with Gasteiger partial charge in [-0.05, 0) is 37.5 Å². The average molecular weight is 320 g/mol. The number of rotatable bonds is 9. The molecule has 1 fully saturated rings. The maximum absolute atomic E-state index is 12.9. The van der Waals surface area contributed by atoms with Gasteiger partial charge in [-0.3, -0.25) is 0 Å². The van der Waals surface area contributed by atoms with Crippen molar-refractivity contribution in [1.82, 2.24) is 8.61 Å². The zero-order valence-corrected chi connectivity index (χ0v) is 14.9. The molecule has 1 aliphatic heterocycles. The van der Waals surface area contributed by atoms with Crippen molar-refractivity contribution in [3.8, 4) is 0 Å². The fraction of sp³-hybridized carbons (Fsp3) is 1.00. The Morgan fingerprint density at radius 2 is 1.67 bits per heavy atom. The standard InChI is InChI=1S/C15H33N3O2S/c1-13(2)7-10-17(11-8-14(3)4)21(19,20)18-9-5-6-15(18)12-16/h13-15H,5-12,16H2,1-4H3. The molecule has 1 aliphatic rings. The van der Waals surface area contributed by atoms with Crippen LogP contribution >= 0.6 is 0 Å². The molecule has 126 valence electrons. The van der Waals surface area contributed by atoms with Crippen LogP contribution in [0.2, 0.25) is 0 Å². The topological polar surface area (TPSA) is 66.6 Å². The van der Waals surface area contributed by atoms with E-state index >= 15 is 0 Å². The Morgan fingerprint density at radius 3 is 2.10 bits per heavy atom. The molecule has 0 aromatic heterocycles. The summed E-state index contributed by atoms with van der Waals surface area (Å²) in [6, 6.07) is -0.0180. The Morgan fingerprint density at radius 1 is 1.14 bits per heavy atom. The molecule has 1 unspecified atom stereocenters. The molecular weight excluding hydrogens is 286 g/mol. The van der Waals surface area contributed by atoms with Gasteiger partial charge in [-0.15, -0.1) is 0 Å². The summed E-state index contributed by atoms with van der Waals surface area (Å²) in [5.41, 5.74) is 5.74. The molecule has 0 aromatic rings. The van der Waals surface area contributed by atoms with Crippen LogP contribution in [0.15, 0.2) is 0 Å². The van der Waals surface area contributed by atoms with Crippen molar-refractivity contribution >= 4 is 10.2 Å². The molecule has 5 nitrogen and oxygen atoms in total. The van der Waals surface area contributed by atoms with Crippen LogP contribution in [0.4, 0.5) is 0 Å². The SMILES string of the molecule is CC(C)CCN(CCC(C)C)S(=O)(=O)N1CCCC1CN. The number of hydrogen-bond acceptors (Lipinski definition) is 3.